The molecule has 0 saturated carbocycles. The third kappa shape index (κ3) is 2.36. The Labute approximate surface area is 177 Å². The molecule has 0 bridgehead atoms. The van der Waals surface area contributed by atoms with Crippen molar-refractivity contribution < 1.29 is 4.79 Å². The lowest BCUT2D eigenvalue weighted by molar-refractivity contribution is -0.118. The van der Waals surface area contributed by atoms with E-state index in [2.05, 4.69) is 4.98 Å². The van der Waals surface area contributed by atoms with Crippen LogP contribution in [-0.4, -0.2) is 20.1 Å². The monoisotopic (exact) mass is 411 g/mol. The van der Waals surface area contributed by atoms with Gasteiger partial charge in [0.2, 0.25) is 0 Å². The number of allylic oxidation sites excluding steroid dienone is 2. The molecule has 2 aliphatic rings. The van der Waals surface area contributed by atoms with Gasteiger partial charge in [0.05, 0.1) is 16.5 Å². The van der Waals surface area contributed by atoms with E-state index in [-0.39, 0.29) is 22.3 Å². The lowest BCUT2D eigenvalue weighted by Gasteiger charge is -2.30. The summed E-state index contributed by atoms with van der Waals surface area (Å²) in [4.78, 5) is 43.9. The minimum Gasteiger partial charge on any atom is -0.361 e. The molecule has 0 saturated heterocycles. The lowest BCUT2D eigenvalue weighted by Crippen LogP contribution is -2.37. The minimum absolute atomic E-state index is 0.000544. The van der Waals surface area contributed by atoms with E-state index in [1.54, 1.807) is 24.3 Å². The first-order valence-corrected chi connectivity index (χ1v) is 10.5. The number of hydrogen-bond donors (Lipinski definition) is 1. The number of nitrogens with zero attached hydrogens (tertiary/aromatic N) is 2. The molecule has 2 aromatic carbocycles. The highest BCUT2D eigenvalue weighted by Crippen LogP contribution is 2.47. The molecule has 3 heterocycles. The number of fused-ring (bicyclic) bond motifs is 4. The Balaban J connectivity index is 1.78. The summed E-state index contributed by atoms with van der Waals surface area (Å²) in [5.74, 6) is 0.000544. The minimum atomic E-state index is -0.625. The number of hydrogen-bond acceptors (Lipinski definition) is 3. The van der Waals surface area contributed by atoms with Gasteiger partial charge in [-0.15, -0.1) is 0 Å². The highest BCUT2D eigenvalue weighted by molar-refractivity contribution is 6.05. The van der Waals surface area contributed by atoms with Crippen LogP contribution in [0.1, 0.15) is 38.3 Å². The number of ketones is 1. The van der Waals surface area contributed by atoms with Crippen LogP contribution >= 0.6 is 0 Å². The van der Waals surface area contributed by atoms with Crippen LogP contribution in [0.4, 0.5) is 0 Å². The zero-order valence-corrected chi connectivity index (χ0v) is 17.3. The van der Waals surface area contributed by atoms with Crippen molar-refractivity contribution in [3.8, 4) is 0 Å². The Morgan fingerprint density at radius 2 is 1.52 bits per heavy atom. The van der Waals surface area contributed by atoms with Gasteiger partial charge in [0.1, 0.15) is 6.04 Å². The van der Waals surface area contributed by atoms with E-state index < -0.39 is 6.04 Å². The molecule has 6 rings (SSSR count). The standard InChI is InChI=1S/C25H21N3O3/c1-25(2)11-19-21(20(29)12-25)22(17-13-26-18-10-6-5-7-14(17)18)28-24(31)16-9-4-3-8-15(16)23(30)27(19)28/h3-10,13,22,26H,11-12H2,1-2H3. The summed E-state index contributed by atoms with van der Waals surface area (Å²) in [6.07, 6.45) is 2.81. The first kappa shape index (κ1) is 18.1. The van der Waals surface area contributed by atoms with Crippen molar-refractivity contribution in [3.63, 3.8) is 0 Å². The molecule has 4 aromatic rings. The largest absolute Gasteiger partial charge is 0.361 e. The Kier molecular flexibility index (Phi) is 3.47. The summed E-state index contributed by atoms with van der Waals surface area (Å²) in [6, 6.07) is 14.1. The van der Waals surface area contributed by atoms with Gasteiger partial charge in [0.15, 0.2) is 5.78 Å². The van der Waals surface area contributed by atoms with Gasteiger partial charge in [-0.1, -0.05) is 44.2 Å². The first-order chi connectivity index (χ1) is 14.9. The van der Waals surface area contributed by atoms with Crippen molar-refractivity contribution in [1.82, 2.24) is 14.3 Å². The van der Waals surface area contributed by atoms with Gasteiger partial charge < -0.3 is 4.98 Å². The number of aromatic amines is 1. The van der Waals surface area contributed by atoms with E-state index in [9.17, 15) is 14.4 Å². The Bertz CT molecular complexity index is 1580. The summed E-state index contributed by atoms with van der Waals surface area (Å²) in [7, 11) is 0. The average Bonchev–Trinajstić information content (AvgIpc) is 3.30. The van der Waals surface area contributed by atoms with Crippen molar-refractivity contribution in [3.05, 3.63) is 86.6 Å². The van der Waals surface area contributed by atoms with E-state index in [0.717, 1.165) is 16.5 Å². The predicted molar refractivity (Wildman–Crippen MR) is 120 cm³/mol. The highest BCUT2D eigenvalue weighted by atomic mass is 16.2. The lowest BCUT2D eigenvalue weighted by atomic mass is 9.74. The maximum Gasteiger partial charge on any atom is 0.277 e. The predicted octanol–water partition coefficient (Wildman–Crippen LogP) is 3.85. The summed E-state index contributed by atoms with van der Waals surface area (Å²) in [5.41, 5.74) is 2.19. The third-order valence-corrected chi connectivity index (χ3v) is 6.59. The molecule has 6 nitrogen and oxygen atoms in total. The molecule has 1 atom stereocenters. The van der Waals surface area contributed by atoms with Gasteiger partial charge >= 0.3 is 0 Å². The molecule has 6 heteroatoms. The number of nitrogens with one attached hydrogen (secondary N) is 1. The maximum atomic E-state index is 13.7. The number of carbonyl (C=O) groups excluding carboxylic acids is 1. The van der Waals surface area contributed by atoms with Crippen molar-refractivity contribution in [2.75, 3.05) is 0 Å². The normalized spacial score (nSPS) is 19.8. The molecule has 0 fully saturated rings. The zero-order valence-electron chi connectivity index (χ0n) is 17.3. The fraction of sp³-hybridized carbons (Fsp3) is 0.240. The number of para-hydroxylation sites is 1. The molecule has 1 N–H and O–H groups in total. The number of benzene rings is 2. The van der Waals surface area contributed by atoms with Crippen LogP contribution in [-0.2, 0) is 4.79 Å². The van der Waals surface area contributed by atoms with E-state index in [0.29, 0.717) is 34.9 Å². The Morgan fingerprint density at radius 3 is 2.26 bits per heavy atom. The van der Waals surface area contributed by atoms with Gasteiger partial charge in [0, 0.05) is 34.7 Å². The van der Waals surface area contributed by atoms with Crippen molar-refractivity contribution in [2.45, 2.75) is 32.7 Å². The molecule has 1 aliphatic heterocycles. The molecule has 0 spiro atoms. The highest BCUT2D eigenvalue weighted by Gasteiger charge is 2.45. The van der Waals surface area contributed by atoms with Crippen LogP contribution in [0.15, 0.2) is 69.9 Å². The second kappa shape index (κ2) is 5.94. The molecule has 1 unspecified atom stereocenters. The SMILES string of the molecule is CC1(C)CC(=O)C2=C(C1)n1c(=O)c3ccccc3c(=O)n1C2c1c[nH]c2ccccc12. The molecular weight excluding hydrogens is 390 g/mol. The van der Waals surface area contributed by atoms with Crippen LogP contribution in [0, 0.1) is 5.41 Å². The fourth-order valence-corrected chi connectivity index (χ4v) is 5.30. The smallest absolute Gasteiger partial charge is 0.277 e. The Hall–Kier alpha value is -3.67. The van der Waals surface area contributed by atoms with Crippen LogP contribution in [0.25, 0.3) is 27.4 Å². The van der Waals surface area contributed by atoms with Crippen molar-refractivity contribution >= 4 is 33.2 Å². The zero-order chi connectivity index (χ0) is 21.5. The maximum absolute atomic E-state index is 13.7. The fourth-order valence-electron chi connectivity index (χ4n) is 5.30. The van der Waals surface area contributed by atoms with Gasteiger partial charge in [-0.25, -0.2) is 9.36 Å². The summed E-state index contributed by atoms with van der Waals surface area (Å²) >= 11 is 0. The molecule has 31 heavy (non-hydrogen) atoms. The van der Waals surface area contributed by atoms with Gasteiger partial charge in [-0.2, -0.15) is 0 Å². The Morgan fingerprint density at radius 1 is 0.871 bits per heavy atom. The number of rotatable bonds is 1. The molecule has 0 radical (unpaired) electrons. The number of carbonyl (C=O) groups is 1. The van der Waals surface area contributed by atoms with E-state index in [4.69, 9.17) is 0 Å². The second-order valence-electron chi connectivity index (χ2n) is 9.31. The second-order valence-corrected chi connectivity index (χ2v) is 9.31. The van der Waals surface area contributed by atoms with Crippen LogP contribution in [0.5, 0.6) is 0 Å². The summed E-state index contributed by atoms with van der Waals surface area (Å²) in [5, 5.41) is 1.70. The van der Waals surface area contributed by atoms with Gasteiger partial charge in [0.25, 0.3) is 11.1 Å². The summed E-state index contributed by atoms with van der Waals surface area (Å²) < 4.78 is 2.98. The molecule has 0 amide bonds. The first-order valence-electron chi connectivity index (χ1n) is 10.5. The number of aromatic nitrogens is 3. The molecule has 2 aromatic heterocycles. The quantitative estimate of drug-likeness (QED) is 0.517. The van der Waals surface area contributed by atoms with E-state index in [1.165, 1.54) is 9.36 Å². The number of Topliss-reactive ketones (excluding diaryl/α,β-unsaturated/α-hetero) is 1. The van der Waals surface area contributed by atoms with E-state index in [1.807, 2.05) is 44.3 Å². The van der Waals surface area contributed by atoms with Crippen LogP contribution in [0.2, 0.25) is 0 Å². The van der Waals surface area contributed by atoms with Gasteiger partial charge in [-0.3, -0.25) is 14.4 Å². The molecular formula is C25H21N3O3. The third-order valence-electron chi connectivity index (χ3n) is 6.59. The number of H-pyrrole nitrogens is 1. The van der Waals surface area contributed by atoms with E-state index >= 15 is 0 Å². The van der Waals surface area contributed by atoms with Gasteiger partial charge in [-0.05, 0) is 30.0 Å². The molecule has 1 aliphatic carbocycles. The average molecular weight is 411 g/mol. The van der Waals surface area contributed by atoms with Crippen LogP contribution in [0.3, 0.4) is 0 Å². The van der Waals surface area contributed by atoms with Crippen molar-refractivity contribution in [2.24, 2.45) is 5.41 Å². The summed E-state index contributed by atoms with van der Waals surface area (Å²) in [6.45, 7) is 4.06. The van der Waals surface area contributed by atoms with Crippen molar-refractivity contribution in [1.29, 1.82) is 0 Å². The van der Waals surface area contributed by atoms with Crippen LogP contribution < -0.4 is 11.1 Å². The molecule has 154 valence electrons. The topological polar surface area (TPSA) is 76.9 Å².